The monoisotopic (exact) mass is 381 g/mol. The largest absolute Gasteiger partial charge is 0.421 e. The number of hydrogen-bond donors (Lipinski definition) is 1. The Morgan fingerprint density at radius 1 is 1.25 bits per heavy atom. The maximum Gasteiger partial charge on any atom is 0.373 e. The summed E-state index contributed by atoms with van der Waals surface area (Å²) in [6.45, 7) is 4.11. The lowest BCUT2D eigenvalue weighted by Crippen LogP contribution is -2.58. The molecule has 0 amide bonds. The van der Waals surface area contributed by atoms with Gasteiger partial charge in [0.05, 0.1) is 0 Å². The third-order valence-corrected chi connectivity index (χ3v) is 5.41. The minimum absolute atomic E-state index is 0.250. The molecule has 28 heavy (non-hydrogen) atoms. The number of oxazole rings is 1. The average molecular weight is 381 g/mol. The molecule has 8 nitrogen and oxygen atoms in total. The Hall–Kier alpha value is -2.96. The third-order valence-electron chi connectivity index (χ3n) is 5.41. The van der Waals surface area contributed by atoms with Crippen LogP contribution in [0.1, 0.15) is 31.7 Å². The molecular formula is C20H23N5O3. The molecular weight excluding hydrogens is 358 g/mol. The first kappa shape index (κ1) is 18.4. The van der Waals surface area contributed by atoms with E-state index in [4.69, 9.17) is 19.0 Å². The lowest BCUT2D eigenvalue weighted by atomic mass is 9.94. The van der Waals surface area contributed by atoms with E-state index < -0.39 is 0 Å². The molecule has 146 valence electrons. The Balaban J connectivity index is 0.000000604. The van der Waals surface area contributed by atoms with Gasteiger partial charge in [0.2, 0.25) is 0 Å². The van der Waals surface area contributed by atoms with Crippen LogP contribution in [0.3, 0.4) is 0 Å². The van der Waals surface area contributed by atoms with Crippen LogP contribution in [-0.4, -0.2) is 46.1 Å². The van der Waals surface area contributed by atoms with Crippen molar-refractivity contribution in [1.82, 2.24) is 20.1 Å². The third kappa shape index (κ3) is 3.56. The van der Waals surface area contributed by atoms with E-state index in [1.165, 1.54) is 24.8 Å². The lowest BCUT2D eigenvalue weighted by molar-refractivity contribution is -0.191. The van der Waals surface area contributed by atoms with Gasteiger partial charge in [-0.1, -0.05) is 13.3 Å². The van der Waals surface area contributed by atoms with Crippen LogP contribution in [0, 0.1) is 0 Å². The van der Waals surface area contributed by atoms with E-state index in [0.717, 1.165) is 42.3 Å². The average Bonchev–Trinajstić information content (AvgIpc) is 3.37. The molecule has 2 saturated heterocycles. The zero-order valence-corrected chi connectivity index (χ0v) is 15.8. The number of piperazine rings is 1. The quantitative estimate of drug-likeness (QED) is 0.744. The molecule has 0 saturated carbocycles. The minimum Gasteiger partial charge on any atom is -0.421 e. The summed E-state index contributed by atoms with van der Waals surface area (Å²) in [6, 6.07) is 8.07. The highest BCUT2D eigenvalue weighted by molar-refractivity contribution is 5.84. The summed E-state index contributed by atoms with van der Waals surface area (Å²) in [5, 5.41) is 8.10. The van der Waals surface area contributed by atoms with Crippen LogP contribution in [0.2, 0.25) is 0 Å². The van der Waals surface area contributed by atoms with E-state index >= 15 is 0 Å². The predicted molar refractivity (Wildman–Crippen MR) is 102 cm³/mol. The fourth-order valence-corrected chi connectivity index (χ4v) is 4.14. The number of nitrogens with one attached hydrogen (secondary N) is 1. The zero-order valence-electron chi connectivity index (χ0n) is 15.8. The molecule has 0 aliphatic carbocycles. The highest BCUT2D eigenvalue weighted by atomic mass is 16.4. The summed E-state index contributed by atoms with van der Waals surface area (Å²) < 4.78 is 8.12. The first-order valence-corrected chi connectivity index (χ1v) is 9.65. The van der Waals surface area contributed by atoms with Crippen LogP contribution < -0.4 is 10.2 Å². The first-order valence-electron chi connectivity index (χ1n) is 9.65. The van der Waals surface area contributed by atoms with Crippen LogP contribution in [0.4, 0.5) is 6.01 Å². The molecule has 4 heterocycles. The van der Waals surface area contributed by atoms with Gasteiger partial charge in [-0.15, -0.1) is 0 Å². The van der Waals surface area contributed by atoms with Crippen molar-refractivity contribution in [3.63, 3.8) is 0 Å². The normalized spacial score (nSPS) is 21.1. The maximum atomic E-state index is 8.12. The number of fused-ring (bicyclic) bond motifs is 3. The van der Waals surface area contributed by atoms with Crippen molar-refractivity contribution in [1.29, 1.82) is 0 Å². The predicted octanol–water partition coefficient (Wildman–Crippen LogP) is 2.32. The standard InChI is InChI=1S/C19H23N5O.CO2/c1-2-13-9-16-18(17(10-13)24-8-4-7-20-24)25-19(22-16)23-11-14-5-3-6-15(12-23)21-14;2-1-3/h4,7-10,14-15,21H,2-3,5-6,11-12H2,1H3;. The van der Waals surface area contributed by atoms with Gasteiger partial charge in [0.15, 0.2) is 5.58 Å². The molecule has 1 N–H and O–H groups in total. The molecule has 2 unspecified atom stereocenters. The van der Waals surface area contributed by atoms with Crippen molar-refractivity contribution in [3.8, 4) is 5.69 Å². The highest BCUT2D eigenvalue weighted by Crippen LogP contribution is 2.31. The van der Waals surface area contributed by atoms with E-state index in [1.807, 2.05) is 16.9 Å². The van der Waals surface area contributed by atoms with Gasteiger partial charge in [-0.3, -0.25) is 0 Å². The van der Waals surface area contributed by atoms with Crippen LogP contribution in [0.15, 0.2) is 35.0 Å². The second-order valence-corrected chi connectivity index (χ2v) is 7.24. The summed E-state index contributed by atoms with van der Waals surface area (Å²) in [6.07, 6.45) is 8.76. The van der Waals surface area contributed by atoms with Crippen molar-refractivity contribution in [3.05, 3.63) is 36.2 Å². The Morgan fingerprint density at radius 2 is 2.00 bits per heavy atom. The second-order valence-electron chi connectivity index (χ2n) is 7.24. The summed E-state index contributed by atoms with van der Waals surface area (Å²) in [5.74, 6) is 0. The molecule has 8 heteroatoms. The number of piperidine rings is 1. The first-order chi connectivity index (χ1) is 13.7. The van der Waals surface area contributed by atoms with Crippen molar-refractivity contribution in [2.45, 2.75) is 44.7 Å². The Kier molecular flexibility index (Phi) is 5.23. The summed E-state index contributed by atoms with van der Waals surface area (Å²) >= 11 is 0. The van der Waals surface area contributed by atoms with Gasteiger partial charge in [-0.05, 0) is 43.0 Å². The number of carbonyl (C=O) groups excluding carboxylic acids is 2. The number of benzene rings is 1. The number of hydrogen-bond acceptors (Lipinski definition) is 7. The number of aryl methyl sites for hydroxylation is 1. The Bertz CT molecular complexity index is 963. The van der Waals surface area contributed by atoms with Gasteiger partial charge >= 0.3 is 6.15 Å². The molecule has 0 radical (unpaired) electrons. The van der Waals surface area contributed by atoms with Crippen LogP contribution in [0.25, 0.3) is 16.8 Å². The topological polar surface area (TPSA) is 93.3 Å². The lowest BCUT2D eigenvalue weighted by Gasteiger charge is -2.41. The van der Waals surface area contributed by atoms with Gasteiger partial charge in [-0.25, -0.2) is 4.68 Å². The number of anilines is 1. The number of nitrogens with zero attached hydrogens (tertiary/aromatic N) is 4. The Labute approximate surface area is 162 Å². The zero-order chi connectivity index (χ0) is 19.5. The summed E-state index contributed by atoms with van der Waals surface area (Å²) in [7, 11) is 0. The maximum absolute atomic E-state index is 8.12. The van der Waals surface area contributed by atoms with E-state index in [1.54, 1.807) is 6.20 Å². The van der Waals surface area contributed by atoms with Gasteiger partial charge < -0.3 is 14.6 Å². The van der Waals surface area contributed by atoms with Gasteiger partial charge in [0, 0.05) is 37.6 Å². The summed E-state index contributed by atoms with van der Waals surface area (Å²) in [4.78, 5) is 23.4. The van der Waals surface area contributed by atoms with E-state index in [0.29, 0.717) is 12.1 Å². The molecule has 2 aliphatic heterocycles. The molecule has 2 aromatic heterocycles. The molecule has 2 aliphatic rings. The molecule has 3 aromatic rings. The fourth-order valence-electron chi connectivity index (χ4n) is 4.14. The van der Waals surface area contributed by atoms with Crippen LogP contribution in [-0.2, 0) is 16.0 Å². The van der Waals surface area contributed by atoms with E-state index in [9.17, 15) is 0 Å². The highest BCUT2D eigenvalue weighted by Gasteiger charge is 2.32. The van der Waals surface area contributed by atoms with Crippen molar-refractivity contribution < 1.29 is 14.0 Å². The van der Waals surface area contributed by atoms with Gasteiger partial charge in [0.1, 0.15) is 11.2 Å². The molecule has 0 spiro atoms. The number of rotatable bonds is 3. The molecule has 5 rings (SSSR count). The van der Waals surface area contributed by atoms with Crippen molar-refractivity contribution in [2.24, 2.45) is 0 Å². The Morgan fingerprint density at radius 3 is 2.64 bits per heavy atom. The SMILES string of the molecule is CCc1cc(-n2cccn2)c2oc(N3CC4CCCC(C3)N4)nc2c1.O=C=O. The van der Waals surface area contributed by atoms with Crippen LogP contribution >= 0.6 is 0 Å². The van der Waals surface area contributed by atoms with Crippen molar-refractivity contribution in [2.75, 3.05) is 18.0 Å². The summed E-state index contributed by atoms with van der Waals surface area (Å²) in [5.41, 5.74) is 3.95. The molecule has 2 atom stereocenters. The fraction of sp³-hybridized carbons (Fsp3) is 0.450. The van der Waals surface area contributed by atoms with Gasteiger partial charge in [0.25, 0.3) is 6.01 Å². The van der Waals surface area contributed by atoms with Crippen LogP contribution in [0.5, 0.6) is 0 Å². The van der Waals surface area contributed by atoms with Gasteiger partial charge in [-0.2, -0.15) is 19.7 Å². The minimum atomic E-state index is 0.250. The molecule has 1 aromatic carbocycles. The second kappa shape index (κ2) is 7.96. The van der Waals surface area contributed by atoms with E-state index in [-0.39, 0.29) is 6.15 Å². The molecule has 2 bridgehead atoms. The smallest absolute Gasteiger partial charge is 0.373 e. The van der Waals surface area contributed by atoms with E-state index in [2.05, 4.69) is 34.4 Å². The molecule has 2 fully saturated rings. The van der Waals surface area contributed by atoms with Crippen molar-refractivity contribution >= 4 is 23.3 Å². The number of aromatic nitrogens is 3.